The van der Waals surface area contributed by atoms with E-state index in [2.05, 4.69) is 0 Å². The maximum absolute atomic E-state index is 14.3. The molecule has 0 spiro atoms. The molecule has 0 aliphatic heterocycles. The molecule has 0 N–H and O–H groups in total. The van der Waals surface area contributed by atoms with Crippen molar-refractivity contribution in [3.63, 3.8) is 0 Å². The topological polar surface area (TPSA) is 35.5 Å². The van der Waals surface area contributed by atoms with Gasteiger partial charge in [-0.2, -0.15) is 0 Å². The Hall–Kier alpha value is -2.07. The number of carbonyl (C=O) groups is 1. The molecule has 2 aromatic rings. The highest BCUT2D eigenvalue weighted by atomic mass is 35.5. The largest absolute Gasteiger partial charge is 0.493 e. The molecular weight excluding hydrogens is 283 g/mol. The highest BCUT2D eigenvalue weighted by Gasteiger charge is 2.20. The molecule has 3 nitrogen and oxygen atoms in total. The number of ether oxygens (including phenoxy) is 2. The fourth-order valence-electron chi connectivity index (χ4n) is 1.82. The molecule has 2 aromatic carbocycles. The number of methoxy groups -OCH3 is 2. The van der Waals surface area contributed by atoms with E-state index in [0.29, 0.717) is 10.6 Å². The molecule has 5 heteroatoms. The SMILES string of the molecule is COc1ccc(C(=O)c2ccc(Cl)cc2)c(F)c1OC. The van der Waals surface area contributed by atoms with Crippen LogP contribution in [0.3, 0.4) is 0 Å². The lowest BCUT2D eigenvalue weighted by Gasteiger charge is -2.11. The lowest BCUT2D eigenvalue weighted by molar-refractivity contribution is 0.103. The molecule has 0 aliphatic carbocycles. The first kappa shape index (κ1) is 14.3. The van der Waals surface area contributed by atoms with Crippen LogP contribution in [0.5, 0.6) is 11.5 Å². The minimum Gasteiger partial charge on any atom is -0.493 e. The van der Waals surface area contributed by atoms with Crippen molar-refractivity contribution < 1.29 is 18.7 Å². The van der Waals surface area contributed by atoms with Gasteiger partial charge in [0, 0.05) is 10.6 Å². The summed E-state index contributed by atoms with van der Waals surface area (Å²) in [6.07, 6.45) is 0. The third-order valence-corrected chi connectivity index (χ3v) is 3.09. The molecule has 0 saturated heterocycles. The fourth-order valence-corrected chi connectivity index (χ4v) is 1.95. The molecule has 0 aromatic heterocycles. The van der Waals surface area contributed by atoms with Gasteiger partial charge in [-0.15, -0.1) is 0 Å². The van der Waals surface area contributed by atoms with E-state index in [0.717, 1.165) is 0 Å². The third kappa shape index (κ3) is 2.60. The molecule has 0 unspecified atom stereocenters. The molecule has 104 valence electrons. The van der Waals surface area contributed by atoms with Crippen molar-refractivity contribution in [3.8, 4) is 11.5 Å². The zero-order valence-electron chi connectivity index (χ0n) is 10.9. The summed E-state index contributed by atoms with van der Waals surface area (Å²) >= 11 is 5.76. The molecule has 2 rings (SSSR count). The quantitative estimate of drug-likeness (QED) is 0.806. The maximum Gasteiger partial charge on any atom is 0.197 e. The minimum atomic E-state index is -0.744. The zero-order valence-corrected chi connectivity index (χ0v) is 11.7. The van der Waals surface area contributed by atoms with Crippen molar-refractivity contribution in [1.82, 2.24) is 0 Å². The van der Waals surface area contributed by atoms with Gasteiger partial charge in [0.1, 0.15) is 0 Å². The van der Waals surface area contributed by atoms with Crippen molar-refractivity contribution in [3.05, 3.63) is 58.4 Å². The normalized spacial score (nSPS) is 10.2. The van der Waals surface area contributed by atoms with E-state index in [1.165, 1.54) is 26.4 Å². The second-order valence-corrected chi connectivity index (χ2v) is 4.44. The van der Waals surface area contributed by atoms with Gasteiger partial charge in [-0.05, 0) is 36.4 Å². The zero-order chi connectivity index (χ0) is 14.7. The molecule has 0 fully saturated rings. The first-order chi connectivity index (χ1) is 9.58. The van der Waals surface area contributed by atoms with Gasteiger partial charge < -0.3 is 9.47 Å². The van der Waals surface area contributed by atoms with Gasteiger partial charge in [-0.25, -0.2) is 4.39 Å². The van der Waals surface area contributed by atoms with Gasteiger partial charge in [0.2, 0.25) is 0 Å². The summed E-state index contributed by atoms with van der Waals surface area (Å²) in [6, 6.07) is 9.10. The standard InChI is InChI=1S/C15H12ClFO3/c1-19-12-8-7-11(13(17)15(12)20-2)14(18)9-3-5-10(16)6-4-9/h3-8H,1-2H3. The average Bonchev–Trinajstić information content (AvgIpc) is 2.47. The molecule has 20 heavy (non-hydrogen) atoms. The van der Waals surface area contributed by atoms with Gasteiger partial charge in [0.05, 0.1) is 19.8 Å². The van der Waals surface area contributed by atoms with E-state index in [4.69, 9.17) is 21.1 Å². The summed E-state index contributed by atoms with van der Waals surface area (Å²) in [5.41, 5.74) is 0.269. The van der Waals surface area contributed by atoms with Crippen molar-refractivity contribution in [2.75, 3.05) is 14.2 Å². The lowest BCUT2D eigenvalue weighted by atomic mass is 10.0. The Bertz CT molecular complexity index is 638. The summed E-state index contributed by atoms with van der Waals surface area (Å²) in [5, 5.41) is 0.509. The van der Waals surface area contributed by atoms with E-state index in [1.807, 2.05) is 0 Å². The van der Waals surface area contributed by atoms with Crippen LogP contribution in [0.2, 0.25) is 5.02 Å². The van der Waals surface area contributed by atoms with Crippen LogP contribution in [-0.4, -0.2) is 20.0 Å². The van der Waals surface area contributed by atoms with Crippen LogP contribution >= 0.6 is 11.6 Å². The van der Waals surface area contributed by atoms with Crippen LogP contribution in [-0.2, 0) is 0 Å². The Balaban J connectivity index is 2.47. The first-order valence-electron chi connectivity index (χ1n) is 5.79. The van der Waals surface area contributed by atoms with Crippen LogP contribution in [0.25, 0.3) is 0 Å². The summed E-state index contributed by atoms with van der Waals surface area (Å²) in [5.74, 6) is -1.04. The highest BCUT2D eigenvalue weighted by molar-refractivity contribution is 6.30. The van der Waals surface area contributed by atoms with E-state index in [9.17, 15) is 9.18 Å². The van der Waals surface area contributed by atoms with Crippen molar-refractivity contribution in [2.24, 2.45) is 0 Å². The monoisotopic (exact) mass is 294 g/mol. The number of hydrogen-bond donors (Lipinski definition) is 0. The Morgan fingerprint density at radius 1 is 1.05 bits per heavy atom. The van der Waals surface area contributed by atoms with E-state index >= 15 is 0 Å². The van der Waals surface area contributed by atoms with E-state index in [1.54, 1.807) is 24.3 Å². The molecule has 0 amide bonds. The van der Waals surface area contributed by atoms with Gasteiger partial charge in [0.25, 0.3) is 0 Å². The first-order valence-corrected chi connectivity index (χ1v) is 6.17. The van der Waals surface area contributed by atoms with Crippen LogP contribution < -0.4 is 9.47 Å². The summed E-state index contributed by atoms with van der Waals surface area (Å²) in [6.45, 7) is 0. The number of rotatable bonds is 4. The minimum absolute atomic E-state index is 0.0787. The average molecular weight is 295 g/mol. The Labute approximate surface area is 120 Å². The Morgan fingerprint density at radius 3 is 2.25 bits per heavy atom. The predicted molar refractivity (Wildman–Crippen MR) is 74.4 cm³/mol. The van der Waals surface area contributed by atoms with Gasteiger partial charge >= 0.3 is 0 Å². The van der Waals surface area contributed by atoms with Crippen LogP contribution in [0.1, 0.15) is 15.9 Å². The maximum atomic E-state index is 14.3. The smallest absolute Gasteiger partial charge is 0.197 e. The number of hydrogen-bond acceptors (Lipinski definition) is 3. The molecule has 0 saturated carbocycles. The molecular formula is C15H12ClFO3. The predicted octanol–water partition coefficient (Wildman–Crippen LogP) is 3.73. The number of carbonyl (C=O) groups excluding carboxylic acids is 1. The molecule has 0 aliphatic rings. The summed E-state index contributed by atoms with van der Waals surface area (Å²) in [7, 11) is 2.72. The molecule has 0 bridgehead atoms. The van der Waals surface area contributed by atoms with Crippen LogP contribution in [0, 0.1) is 5.82 Å². The lowest BCUT2D eigenvalue weighted by Crippen LogP contribution is -2.06. The molecule has 0 radical (unpaired) electrons. The third-order valence-electron chi connectivity index (χ3n) is 2.84. The number of halogens is 2. The summed E-state index contributed by atoms with van der Waals surface area (Å²) in [4.78, 5) is 12.3. The van der Waals surface area contributed by atoms with Gasteiger partial charge in [-0.1, -0.05) is 11.6 Å². The summed E-state index contributed by atoms with van der Waals surface area (Å²) < 4.78 is 24.2. The van der Waals surface area contributed by atoms with Crippen LogP contribution in [0.15, 0.2) is 36.4 Å². The highest BCUT2D eigenvalue weighted by Crippen LogP contribution is 2.32. The second kappa shape index (κ2) is 5.92. The van der Waals surface area contributed by atoms with Crippen LogP contribution in [0.4, 0.5) is 4.39 Å². The number of ketones is 1. The number of benzene rings is 2. The van der Waals surface area contributed by atoms with Gasteiger partial charge in [0.15, 0.2) is 23.1 Å². The van der Waals surface area contributed by atoms with Crippen molar-refractivity contribution in [2.45, 2.75) is 0 Å². The fraction of sp³-hybridized carbons (Fsp3) is 0.133. The van der Waals surface area contributed by atoms with Crippen molar-refractivity contribution in [1.29, 1.82) is 0 Å². The van der Waals surface area contributed by atoms with Gasteiger partial charge in [-0.3, -0.25) is 4.79 Å². The van der Waals surface area contributed by atoms with E-state index < -0.39 is 11.6 Å². The Kier molecular flexibility index (Phi) is 4.25. The molecule has 0 atom stereocenters. The second-order valence-electron chi connectivity index (χ2n) is 4.00. The Morgan fingerprint density at radius 2 is 1.70 bits per heavy atom. The van der Waals surface area contributed by atoms with Crippen molar-refractivity contribution >= 4 is 17.4 Å². The van der Waals surface area contributed by atoms with E-state index in [-0.39, 0.29) is 17.1 Å². The molecule has 0 heterocycles.